The molecule has 0 heterocycles. The van der Waals surface area contributed by atoms with Crippen molar-refractivity contribution in [3.63, 3.8) is 0 Å². The number of rotatable bonds is 2. The first-order valence-electron chi connectivity index (χ1n) is 2.04. The van der Waals surface area contributed by atoms with Gasteiger partial charge in [0.15, 0.2) is 0 Å². The van der Waals surface area contributed by atoms with E-state index in [0.29, 0.717) is 0 Å². The Labute approximate surface area is 55.3 Å². The summed E-state index contributed by atoms with van der Waals surface area (Å²) in [4.78, 5) is 0. The van der Waals surface area contributed by atoms with Crippen LogP contribution in [0.4, 0.5) is 0 Å². The molecule has 0 aromatic carbocycles. The molecule has 0 N–H and O–H groups in total. The fourth-order valence-electron chi connectivity index (χ4n) is 0.204. The molecule has 0 saturated heterocycles. The van der Waals surface area contributed by atoms with Crippen LogP contribution in [0.15, 0.2) is 24.3 Å². The first-order chi connectivity index (χ1) is 3.27. The van der Waals surface area contributed by atoms with E-state index in [9.17, 15) is 0 Å². The van der Waals surface area contributed by atoms with Crippen molar-refractivity contribution in [2.24, 2.45) is 0 Å². The third-order valence-electron chi connectivity index (χ3n) is 0.459. The van der Waals surface area contributed by atoms with Gasteiger partial charge in [-0.25, -0.2) is 0 Å². The minimum absolute atomic E-state index is 1.11. The van der Waals surface area contributed by atoms with Crippen LogP contribution < -0.4 is 0 Å². The Bertz CT molecular complexity index is 101. The van der Waals surface area contributed by atoms with E-state index in [2.05, 4.69) is 11.0 Å². The maximum absolute atomic E-state index is 3.70. The van der Waals surface area contributed by atoms with Crippen LogP contribution in [0, 0.1) is 0 Å². The van der Waals surface area contributed by atoms with Crippen LogP contribution in [0.25, 0.3) is 0 Å². The molecule has 0 spiro atoms. The molecule has 0 aliphatic rings. The average molecular weight is 264 g/mol. The number of hydrogen-bond acceptors (Lipinski definition) is 0. The van der Waals surface area contributed by atoms with Gasteiger partial charge >= 0.3 is 55.0 Å². The average Bonchev–Trinajstić information content (AvgIpc) is 1.61. The van der Waals surface area contributed by atoms with E-state index >= 15 is 0 Å². The normalized spacial score (nSPS) is 9.29. The van der Waals surface area contributed by atoms with Gasteiger partial charge in [0.2, 0.25) is 0 Å². The Kier molecular flexibility index (Phi) is 4.23. The summed E-state index contributed by atoms with van der Waals surface area (Å²) in [6, 6.07) is 0. The molecular weight excluding hydrogens is 256 g/mol. The van der Waals surface area contributed by atoms with E-state index in [1.165, 1.54) is 19.4 Å². The topological polar surface area (TPSA) is 0 Å². The molecule has 1 heteroatoms. The Morgan fingerprint density at radius 1 is 1.71 bits per heavy atom. The molecule has 0 radical (unpaired) electrons. The van der Waals surface area contributed by atoms with Gasteiger partial charge < -0.3 is 0 Å². The summed E-state index contributed by atoms with van der Waals surface area (Å²) >= 11 is 1.48. The van der Waals surface area contributed by atoms with Crippen molar-refractivity contribution < 1.29 is 19.4 Å². The summed E-state index contributed by atoms with van der Waals surface area (Å²) < 4.78 is 2.06. The van der Waals surface area contributed by atoms with Crippen molar-refractivity contribution in [1.82, 2.24) is 0 Å². The second-order valence-electron chi connectivity index (χ2n) is 1.34. The van der Waals surface area contributed by atoms with Crippen molar-refractivity contribution in [2.75, 3.05) is 0 Å². The number of allylic oxidation sites excluding steroid dienone is 3. The summed E-state index contributed by atoms with van der Waals surface area (Å²) in [6.45, 7) is 5.68. The van der Waals surface area contributed by atoms with Crippen molar-refractivity contribution in [1.29, 1.82) is 0 Å². The molecule has 0 aliphatic heterocycles. The molecule has 0 atom stereocenters. The third kappa shape index (κ3) is 6.04. The zero-order valence-electron chi connectivity index (χ0n) is 4.35. The van der Waals surface area contributed by atoms with Gasteiger partial charge in [-0.2, -0.15) is 0 Å². The summed E-state index contributed by atoms with van der Waals surface area (Å²) in [6.07, 6.45) is 4.00. The van der Waals surface area contributed by atoms with Gasteiger partial charge in [-0.1, -0.05) is 0 Å². The van der Waals surface area contributed by atoms with E-state index in [1.54, 1.807) is 0 Å². The van der Waals surface area contributed by atoms with Gasteiger partial charge in [-0.15, -0.1) is 0 Å². The van der Waals surface area contributed by atoms with Gasteiger partial charge in [-0.05, 0) is 0 Å². The molecule has 0 bridgehead atoms. The zero-order valence-corrected chi connectivity index (χ0v) is 7.28. The summed E-state index contributed by atoms with van der Waals surface area (Å²) in [5.74, 6) is 0. The van der Waals surface area contributed by atoms with Crippen LogP contribution in [-0.2, 0) is 19.4 Å². The molecule has 7 heavy (non-hydrogen) atoms. The van der Waals surface area contributed by atoms with E-state index in [4.69, 9.17) is 0 Å². The van der Waals surface area contributed by atoms with Crippen LogP contribution in [0.5, 0.6) is 0 Å². The van der Waals surface area contributed by atoms with Gasteiger partial charge in [0.25, 0.3) is 0 Å². The van der Waals surface area contributed by atoms with Crippen LogP contribution in [0.2, 0.25) is 0 Å². The van der Waals surface area contributed by atoms with Crippen LogP contribution >= 0.6 is 0 Å². The molecule has 0 saturated carbocycles. The maximum atomic E-state index is 3.70. The monoisotopic (exact) mass is 264 g/mol. The Hall–Kier alpha value is 0.0383. The van der Waals surface area contributed by atoms with Crippen molar-refractivity contribution in [2.45, 2.75) is 6.92 Å². The van der Waals surface area contributed by atoms with E-state index in [0.717, 1.165) is 5.57 Å². The predicted octanol–water partition coefficient (Wildman–Crippen LogP) is 1.47. The Morgan fingerprint density at radius 3 is 2.43 bits per heavy atom. The SMILES string of the molecule is C=C(C)C=C[CH]=[W]. The molecular formula is C6H8W. The van der Waals surface area contributed by atoms with Gasteiger partial charge in [0, 0.05) is 0 Å². The van der Waals surface area contributed by atoms with Crippen LogP contribution in [0.3, 0.4) is 0 Å². The second-order valence-corrected chi connectivity index (χ2v) is 2.32. The zero-order chi connectivity index (χ0) is 5.70. The van der Waals surface area contributed by atoms with E-state index in [1.807, 2.05) is 19.1 Å². The number of hydrogen-bond donors (Lipinski definition) is 0. The van der Waals surface area contributed by atoms with Gasteiger partial charge in [-0.3, -0.25) is 0 Å². The summed E-state index contributed by atoms with van der Waals surface area (Å²) in [5.41, 5.74) is 1.11. The first kappa shape index (κ1) is 7.04. The molecule has 0 nitrogen and oxygen atoms in total. The molecule has 0 aliphatic carbocycles. The summed E-state index contributed by atoms with van der Waals surface area (Å²) in [5, 5.41) is 0. The molecule has 38 valence electrons. The minimum atomic E-state index is 1.11. The third-order valence-corrected chi connectivity index (χ3v) is 1.02. The van der Waals surface area contributed by atoms with E-state index < -0.39 is 0 Å². The Morgan fingerprint density at radius 2 is 2.29 bits per heavy atom. The standard InChI is InChI=1S/C6H8.W/c1-4-5-6(2)3;/h1,4-5H,2H2,3H3;. The Balaban J connectivity index is 3.46. The second kappa shape index (κ2) is 4.20. The van der Waals surface area contributed by atoms with Gasteiger partial charge in [0.05, 0.1) is 0 Å². The molecule has 0 unspecified atom stereocenters. The van der Waals surface area contributed by atoms with Gasteiger partial charge in [0.1, 0.15) is 0 Å². The summed E-state index contributed by atoms with van der Waals surface area (Å²) in [7, 11) is 0. The van der Waals surface area contributed by atoms with Crippen molar-refractivity contribution in [3.8, 4) is 0 Å². The fraction of sp³-hybridized carbons (Fsp3) is 0.167. The molecule has 0 fully saturated rings. The predicted molar refractivity (Wildman–Crippen MR) is 30.0 cm³/mol. The van der Waals surface area contributed by atoms with Crippen molar-refractivity contribution >= 4 is 4.40 Å². The van der Waals surface area contributed by atoms with E-state index in [-0.39, 0.29) is 0 Å². The van der Waals surface area contributed by atoms with Crippen LogP contribution in [-0.4, -0.2) is 4.40 Å². The quantitative estimate of drug-likeness (QED) is 0.662. The molecule has 0 rings (SSSR count). The fourth-order valence-corrected chi connectivity index (χ4v) is 0.486. The molecule has 0 amide bonds. The van der Waals surface area contributed by atoms with Crippen molar-refractivity contribution in [3.05, 3.63) is 24.3 Å². The van der Waals surface area contributed by atoms with Crippen LogP contribution in [0.1, 0.15) is 6.92 Å². The molecule has 0 aromatic rings. The first-order valence-corrected chi connectivity index (χ1v) is 3.74. The molecule has 0 aromatic heterocycles.